The Balaban J connectivity index is 1.61. The van der Waals surface area contributed by atoms with Crippen molar-refractivity contribution in [3.63, 3.8) is 0 Å². The molecule has 2 heterocycles. The average molecular weight is 935 g/mol. The smallest absolute Gasteiger partial charge is 0.354 e. The molecule has 0 radical (unpaired) electrons. The van der Waals surface area contributed by atoms with Gasteiger partial charge in [-0.05, 0) is 89.0 Å². The molecule has 1 aromatic rings. The van der Waals surface area contributed by atoms with Gasteiger partial charge < -0.3 is 36.0 Å². The molecule has 63 heavy (non-hydrogen) atoms. The van der Waals surface area contributed by atoms with Crippen molar-refractivity contribution in [2.45, 2.75) is 153 Å². The lowest BCUT2D eigenvalue weighted by Gasteiger charge is -2.41. The lowest BCUT2D eigenvalue weighted by Crippen LogP contribution is -2.62. The summed E-state index contributed by atoms with van der Waals surface area (Å²) in [6.07, 6.45) is -6.75. The first-order chi connectivity index (χ1) is 29.3. The van der Waals surface area contributed by atoms with E-state index in [1.54, 1.807) is 18.2 Å². The molecule has 4 rings (SSSR count). The van der Waals surface area contributed by atoms with Gasteiger partial charge in [0.2, 0.25) is 41.4 Å². The molecule has 3 fully saturated rings. The summed E-state index contributed by atoms with van der Waals surface area (Å²) in [5, 5.41) is 11.4. The number of hydrogen-bond acceptors (Lipinski definition) is 7. The van der Waals surface area contributed by atoms with Crippen LogP contribution in [0.2, 0.25) is 10.0 Å². The highest BCUT2D eigenvalue weighted by molar-refractivity contribution is 6.33. The second kappa shape index (κ2) is 21.2. The van der Waals surface area contributed by atoms with Crippen LogP contribution in [0.4, 0.5) is 17.6 Å². The minimum Gasteiger partial charge on any atom is -0.354 e. The van der Waals surface area contributed by atoms with Gasteiger partial charge in [0.25, 0.3) is 0 Å². The van der Waals surface area contributed by atoms with E-state index in [-0.39, 0.29) is 56.0 Å². The number of amides is 7. The zero-order valence-electron chi connectivity index (χ0n) is 36.9. The number of likely N-dealkylation sites (tertiary alicyclic amines) is 1. The Kier molecular flexibility index (Phi) is 17.3. The molecule has 0 spiro atoms. The summed E-state index contributed by atoms with van der Waals surface area (Å²) < 4.78 is 58.3. The van der Waals surface area contributed by atoms with Gasteiger partial charge in [0.1, 0.15) is 47.3 Å². The summed E-state index contributed by atoms with van der Waals surface area (Å²) in [6, 6.07) is -2.03. The number of carbonyl (C=O) groups is 7. The van der Waals surface area contributed by atoms with E-state index < -0.39 is 121 Å². The molecule has 7 amide bonds. The Morgan fingerprint density at radius 2 is 1.63 bits per heavy atom. The van der Waals surface area contributed by atoms with Crippen LogP contribution in [0.15, 0.2) is 18.2 Å². The van der Waals surface area contributed by atoms with Crippen molar-refractivity contribution in [3.05, 3.63) is 33.8 Å². The fraction of sp³-hybridized carbons (Fsp3) is 0.698. The van der Waals surface area contributed by atoms with E-state index >= 15 is 0 Å². The maximum absolute atomic E-state index is 14.9. The summed E-state index contributed by atoms with van der Waals surface area (Å²) >= 11 is 12.7. The van der Waals surface area contributed by atoms with Crippen LogP contribution >= 0.6 is 23.2 Å². The highest BCUT2D eigenvalue weighted by Gasteiger charge is 2.62. The number of nitrogens with one attached hydrogen (secondary N) is 4. The first-order valence-electron chi connectivity index (χ1n) is 21.5. The standard InChI is InChI=1S/C43H61Cl2F4N7O7/c1-24(2)19-30-38(61)55(7)32(21-26-20-27(44)14-15-29(26)45)36(59)53-41(4,5)39(62)50-18-12-9-13-31(34(57)52-30)54(6)37(60)25(3)51-35(58)33-22-28(46)23-56(33)40(63)42(43(47,48)49)16-10-8-11-17-42/h14-15,20,24-25,28,30-33H,8-13,16-19,21-23H2,1-7H3,(H,50,62)(H,51,58)(H,52,57)(H,53,59)/t25-,28+,30-,31-,32-,33-/m0/s1. The van der Waals surface area contributed by atoms with Crippen molar-refractivity contribution in [2.75, 3.05) is 27.2 Å². The van der Waals surface area contributed by atoms with Gasteiger partial charge in [-0.1, -0.05) is 56.3 Å². The zero-order chi connectivity index (χ0) is 47.2. The molecule has 6 atom stereocenters. The quantitative estimate of drug-likeness (QED) is 0.256. The minimum atomic E-state index is -4.92. The molecule has 14 nitrogen and oxygen atoms in total. The molecule has 20 heteroatoms. The third-order valence-corrected chi connectivity index (χ3v) is 13.0. The fourth-order valence-electron chi connectivity index (χ4n) is 8.64. The van der Waals surface area contributed by atoms with Gasteiger partial charge in [0.15, 0.2) is 0 Å². The summed E-state index contributed by atoms with van der Waals surface area (Å²) in [6.45, 7) is 7.41. The maximum Gasteiger partial charge on any atom is 0.403 e. The van der Waals surface area contributed by atoms with Gasteiger partial charge in [-0.25, -0.2) is 4.39 Å². The van der Waals surface area contributed by atoms with Gasteiger partial charge in [-0.15, -0.1) is 0 Å². The normalized spacial score (nSPS) is 25.8. The van der Waals surface area contributed by atoms with E-state index in [0.29, 0.717) is 28.3 Å². The number of hydrogen-bond donors (Lipinski definition) is 4. The molecule has 352 valence electrons. The van der Waals surface area contributed by atoms with Gasteiger partial charge in [0, 0.05) is 43.5 Å². The van der Waals surface area contributed by atoms with Crippen LogP contribution < -0.4 is 21.3 Å². The SMILES string of the molecule is CC(C)C[C@@H]1NC(=O)[C@@H](N(C)C(=O)[C@H](C)NC(=O)[C@@H]2C[C@@H](F)CN2C(=O)C2(C(F)(F)F)CCCCC2)CCCCNC(=O)C(C)(C)NC(=O)[C@H](Cc2cc(Cl)ccc2Cl)N(C)C1=O. The van der Waals surface area contributed by atoms with Crippen molar-refractivity contribution in [1.82, 2.24) is 36.0 Å². The second-order valence-electron chi connectivity index (χ2n) is 18.1. The predicted molar refractivity (Wildman–Crippen MR) is 228 cm³/mol. The number of carbonyl (C=O) groups excluding carboxylic acids is 7. The molecule has 3 aliphatic rings. The second-order valence-corrected chi connectivity index (χ2v) is 18.9. The van der Waals surface area contributed by atoms with E-state index in [9.17, 15) is 51.1 Å². The number of alkyl halides is 4. The van der Waals surface area contributed by atoms with Crippen LogP contribution in [-0.2, 0) is 40.0 Å². The van der Waals surface area contributed by atoms with Crippen LogP contribution in [0.1, 0.15) is 104 Å². The molecule has 0 bridgehead atoms. The van der Waals surface area contributed by atoms with Gasteiger partial charge in [-0.2, -0.15) is 13.2 Å². The van der Waals surface area contributed by atoms with E-state index in [0.717, 1.165) is 4.90 Å². The Morgan fingerprint density at radius 1 is 0.984 bits per heavy atom. The minimum absolute atomic E-state index is 0.0347. The Labute approximate surface area is 376 Å². The van der Waals surface area contributed by atoms with Gasteiger partial charge in [-0.3, -0.25) is 33.6 Å². The lowest BCUT2D eigenvalue weighted by atomic mass is 9.72. The zero-order valence-corrected chi connectivity index (χ0v) is 38.4. The molecule has 1 aliphatic carbocycles. The third kappa shape index (κ3) is 12.3. The molecular weight excluding hydrogens is 873 g/mol. The highest BCUT2D eigenvalue weighted by atomic mass is 35.5. The van der Waals surface area contributed by atoms with E-state index in [4.69, 9.17) is 23.2 Å². The topological polar surface area (TPSA) is 177 Å². The van der Waals surface area contributed by atoms with Crippen LogP contribution in [0.25, 0.3) is 0 Å². The van der Waals surface area contributed by atoms with Crippen LogP contribution in [0, 0.1) is 11.3 Å². The highest BCUT2D eigenvalue weighted by Crippen LogP contribution is 2.51. The van der Waals surface area contributed by atoms with Crippen molar-refractivity contribution in [2.24, 2.45) is 11.3 Å². The first-order valence-corrected chi connectivity index (χ1v) is 22.3. The van der Waals surface area contributed by atoms with Crippen LogP contribution in [-0.4, -0.2) is 131 Å². The molecule has 2 aliphatic heterocycles. The van der Waals surface area contributed by atoms with Crippen molar-refractivity contribution in [1.29, 1.82) is 0 Å². The van der Waals surface area contributed by atoms with Gasteiger partial charge in [0.05, 0.1) is 6.54 Å². The number of likely N-dealkylation sites (N-methyl/N-ethyl adjacent to an activating group) is 2. The molecule has 1 aromatic carbocycles. The summed E-state index contributed by atoms with van der Waals surface area (Å²) in [7, 11) is 2.71. The first kappa shape index (κ1) is 51.4. The molecule has 0 unspecified atom stereocenters. The van der Waals surface area contributed by atoms with Crippen molar-refractivity contribution in [3.8, 4) is 0 Å². The number of halogens is 6. The maximum atomic E-state index is 14.9. The Morgan fingerprint density at radius 3 is 2.25 bits per heavy atom. The fourth-order valence-corrected chi connectivity index (χ4v) is 9.03. The largest absolute Gasteiger partial charge is 0.403 e. The molecule has 4 N–H and O–H groups in total. The summed E-state index contributed by atoms with van der Waals surface area (Å²) in [4.78, 5) is 100. The van der Waals surface area contributed by atoms with E-state index in [1.165, 1.54) is 39.8 Å². The Hall–Kier alpha value is -4.19. The summed E-state index contributed by atoms with van der Waals surface area (Å²) in [5.41, 5.74) is -3.73. The molecule has 0 aromatic heterocycles. The number of rotatable bonds is 9. The van der Waals surface area contributed by atoms with E-state index in [1.807, 2.05) is 13.8 Å². The van der Waals surface area contributed by atoms with Crippen molar-refractivity contribution < 1.29 is 51.1 Å². The number of nitrogens with zero attached hydrogens (tertiary/aromatic N) is 3. The van der Waals surface area contributed by atoms with Gasteiger partial charge >= 0.3 is 6.18 Å². The predicted octanol–water partition coefficient (Wildman–Crippen LogP) is 4.87. The van der Waals surface area contributed by atoms with Crippen LogP contribution in [0.5, 0.6) is 0 Å². The van der Waals surface area contributed by atoms with Crippen molar-refractivity contribution >= 4 is 64.6 Å². The molecule has 2 saturated heterocycles. The number of benzene rings is 1. The molecular formula is C43H61Cl2F4N7O7. The lowest BCUT2D eigenvalue weighted by molar-refractivity contribution is -0.236. The summed E-state index contributed by atoms with van der Waals surface area (Å²) in [5.74, 6) is -5.90. The third-order valence-electron chi connectivity index (χ3n) is 12.4. The Bertz CT molecular complexity index is 1880. The average Bonchev–Trinajstić information content (AvgIpc) is 3.61. The molecule has 1 saturated carbocycles. The van der Waals surface area contributed by atoms with Crippen LogP contribution in [0.3, 0.4) is 0 Å². The monoisotopic (exact) mass is 933 g/mol. The van der Waals surface area contributed by atoms with E-state index in [2.05, 4.69) is 21.3 Å².